The molecule has 0 unspecified atom stereocenters. The Kier molecular flexibility index (Phi) is 2.53. The van der Waals surface area contributed by atoms with Crippen molar-refractivity contribution in [1.29, 1.82) is 0 Å². The van der Waals surface area contributed by atoms with Crippen LogP contribution in [0.1, 0.15) is 0 Å². The highest BCUT2D eigenvalue weighted by Gasteiger charge is 2.17. The topological polar surface area (TPSA) is 9.23 Å². The Labute approximate surface area is 91.8 Å². The fourth-order valence-corrected chi connectivity index (χ4v) is 2.38. The van der Waals surface area contributed by atoms with Gasteiger partial charge in [-0.25, -0.2) is 0 Å². The summed E-state index contributed by atoms with van der Waals surface area (Å²) in [6.07, 6.45) is 0. The molecule has 0 aliphatic rings. The Morgan fingerprint density at radius 2 is 1.80 bits per heavy atom. The van der Waals surface area contributed by atoms with Gasteiger partial charge in [0.1, 0.15) is 5.75 Å². The number of benzene rings is 2. The standard InChI is InChI=1S/C13H15OSi/c1-15(2,3)14-13-10-6-8-11-7-4-5-9-12(11)13/h4-5,7-10H,1-3H3. The number of rotatable bonds is 2. The first kappa shape index (κ1) is 10.2. The van der Waals surface area contributed by atoms with Crippen LogP contribution in [0.2, 0.25) is 19.6 Å². The molecule has 0 spiro atoms. The van der Waals surface area contributed by atoms with Crippen molar-refractivity contribution in [2.24, 2.45) is 0 Å². The Morgan fingerprint density at radius 1 is 1.07 bits per heavy atom. The van der Waals surface area contributed by atoms with E-state index in [4.69, 9.17) is 4.43 Å². The molecule has 0 N–H and O–H groups in total. The summed E-state index contributed by atoms with van der Waals surface area (Å²) in [5.74, 6) is 0.965. The molecule has 77 valence electrons. The van der Waals surface area contributed by atoms with Crippen LogP contribution >= 0.6 is 0 Å². The zero-order valence-corrected chi connectivity index (χ0v) is 10.4. The Morgan fingerprint density at radius 3 is 2.53 bits per heavy atom. The van der Waals surface area contributed by atoms with Crippen LogP contribution in [0.15, 0.2) is 36.4 Å². The van der Waals surface area contributed by atoms with Gasteiger partial charge in [-0.1, -0.05) is 24.3 Å². The lowest BCUT2D eigenvalue weighted by molar-refractivity contribution is 0.564. The summed E-state index contributed by atoms with van der Waals surface area (Å²) in [5.41, 5.74) is 0. The highest BCUT2D eigenvalue weighted by molar-refractivity contribution is 6.70. The molecular weight excluding hydrogens is 200 g/mol. The number of fused-ring (bicyclic) bond motifs is 1. The predicted molar refractivity (Wildman–Crippen MR) is 66.8 cm³/mol. The Balaban J connectivity index is 2.52. The third kappa shape index (κ3) is 2.39. The molecule has 0 bridgehead atoms. The van der Waals surface area contributed by atoms with Gasteiger partial charge in [0.2, 0.25) is 8.32 Å². The monoisotopic (exact) mass is 215 g/mol. The van der Waals surface area contributed by atoms with Gasteiger partial charge in [0.05, 0.1) is 0 Å². The van der Waals surface area contributed by atoms with Crippen LogP contribution in [0.25, 0.3) is 10.8 Å². The number of hydrogen-bond acceptors (Lipinski definition) is 1. The molecule has 0 aliphatic heterocycles. The van der Waals surface area contributed by atoms with E-state index in [1.807, 2.05) is 24.3 Å². The molecule has 0 aliphatic carbocycles. The molecule has 0 atom stereocenters. The highest BCUT2D eigenvalue weighted by Crippen LogP contribution is 2.26. The van der Waals surface area contributed by atoms with Gasteiger partial charge in [-0.3, -0.25) is 0 Å². The molecule has 0 fully saturated rings. The van der Waals surface area contributed by atoms with E-state index in [2.05, 4.69) is 37.8 Å². The van der Waals surface area contributed by atoms with E-state index in [0.717, 1.165) is 5.75 Å². The van der Waals surface area contributed by atoms with Crippen molar-refractivity contribution in [3.63, 3.8) is 0 Å². The molecule has 0 aromatic heterocycles. The van der Waals surface area contributed by atoms with Crippen LogP contribution < -0.4 is 4.43 Å². The molecule has 0 saturated carbocycles. The van der Waals surface area contributed by atoms with E-state index in [1.54, 1.807) is 0 Å². The molecule has 2 aromatic rings. The second kappa shape index (κ2) is 3.70. The summed E-state index contributed by atoms with van der Waals surface area (Å²) in [6, 6.07) is 15.3. The highest BCUT2D eigenvalue weighted by atomic mass is 28.4. The van der Waals surface area contributed by atoms with Gasteiger partial charge in [-0.15, -0.1) is 0 Å². The van der Waals surface area contributed by atoms with E-state index in [0.29, 0.717) is 0 Å². The van der Waals surface area contributed by atoms with Crippen molar-refractivity contribution in [3.8, 4) is 5.75 Å². The summed E-state index contributed by atoms with van der Waals surface area (Å²) in [4.78, 5) is 0. The third-order valence-corrected chi connectivity index (χ3v) is 2.93. The molecule has 2 heteroatoms. The van der Waals surface area contributed by atoms with Crippen molar-refractivity contribution < 1.29 is 4.43 Å². The first-order valence-electron chi connectivity index (χ1n) is 5.14. The predicted octanol–water partition coefficient (Wildman–Crippen LogP) is 3.85. The normalized spacial score (nSPS) is 11.7. The molecule has 1 radical (unpaired) electrons. The van der Waals surface area contributed by atoms with Crippen LogP contribution in [-0.4, -0.2) is 8.32 Å². The lowest BCUT2D eigenvalue weighted by Gasteiger charge is -2.20. The van der Waals surface area contributed by atoms with E-state index in [9.17, 15) is 0 Å². The molecule has 0 saturated heterocycles. The minimum absolute atomic E-state index is 0.965. The van der Waals surface area contributed by atoms with Crippen molar-refractivity contribution >= 4 is 19.1 Å². The van der Waals surface area contributed by atoms with E-state index < -0.39 is 8.32 Å². The molecule has 15 heavy (non-hydrogen) atoms. The van der Waals surface area contributed by atoms with Crippen molar-refractivity contribution in [2.75, 3.05) is 0 Å². The van der Waals surface area contributed by atoms with Gasteiger partial charge >= 0.3 is 0 Å². The van der Waals surface area contributed by atoms with Gasteiger partial charge in [-0.05, 0) is 43.2 Å². The van der Waals surface area contributed by atoms with Gasteiger partial charge in [-0.2, -0.15) is 0 Å². The van der Waals surface area contributed by atoms with Crippen LogP contribution in [0.5, 0.6) is 5.75 Å². The summed E-state index contributed by atoms with van der Waals surface area (Å²) in [5, 5.41) is 2.37. The minimum Gasteiger partial charge on any atom is -0.544 e. The summed E-state index contributed by atoms with van der Waals surface area (Å²) in [7, 11) is -1.54. The Hall–Kier alpha value is -1.28. The summed E-state index contributed by atoms with van der Waals surface area (Å²) in [6.45, 7) is 6.57. The maximum atomic E-state index is 6.02. The fourth-order valence-electron chi connectivity index (χ4n) is 1.55. The molecule has 0 amide bonds. The van der Waals surface area contributed by atoms with Gasteiger partial charge in [0, 0.05) is 5.39 Å². The van der Waals surface area contributed by atoms with Crippen molar-refractivity contribution in [2.45, 2.75) is 19.6 Å². The molecule has 2 rings (SSSR count). The smallest absolute Gasteiger partial charge is 0.242 e. The van der Waals surface area contributed by atoms with Crippen molar-refractivity contribution in [3.05, 3.63) is 42.5 Å². The second-order valence-corrected chi connectivity index (χ2v) is 9.05. The van der Waals surface area contributed by atoms with E-state index >= 15 is 0 Å². The minimum atomic E-state index is -1.54. The molecule has 0 heterocycles. The fraction of sp³-hybridized carbons (Fsp3) is 0.231. The number of hydrogen-bond donors (Lipinski definition) is 0. The van der Waals surface area contributed by atoms with E-state index in [1.165, 1.54) is 10.8 Å². The van der Waals surface area contributed by atoms with Gasteiger partial charge in [0.15, 0.2) is 0 Å². The van der Waals surface area contributed by atoms with E-state index in [-0.39, 0.29) is 0 Å². The largest absolute Gasteiger partial charge is 0.544 e. The lowest BCUT2D eigenvalue weighted by atomic mass is 10.1. The maximum Gasteiger partial charge on any atom is 0.242 e. The average Bonchev–Trinajstić information content (AvgIpc) is 2.16. The van der Waals surface area contributed by atoms with Gasteiger partial charge < -0.3 is 4.43 Å². The summed E-state index contributed by atoms with van der Waals surface area (Å²) < 4.78 is 6.02. The van der Waals surface area contributed by atoms with Crippen LogP contribution in [0.4, 0.5) is 0 Å². The average molecular weight is 215 g/mol. The quantitative estimate of drug-likeness (QED) is 0.691. The van der Waals surface area contributed by atoms with Crippen LogP contribution in [0.3, 0.4) is 0 Å². The zero-order valence-electron chi connectivity index (χ0n) is 9.37. The summed E-state index contributed by atoms with van der Waals surface area (Å²) >= 11 is 0. The molecule has 1 nitrogen and oxygen atoms in total. The Bertz CT molecular complexity index is 466. The first-order valence-corrected chi connectivity index (χ1v) is 8.55. The maximum absolute atomic E-state index is 6.02. The zero-order chi connectivity index (χ0) is 10.9. The first-order chi connectivity index (χ1) is 7.06. The molecular formula is C13H15OSi. The van der Waals surface area contributed by atoms with Crippen LogP contribution in [0, 0.1) is 6.07 Å². The van der Waals surface area contributed by atoms with Gasteiger partial charge in [0.25, 0.3) is 0 Å². The molecule has 2 aromatic carbocycles. The van der Waals surface area contributed by atoms with Crippen LogP contribution in [-0.2, 0) is 0 Å². The van der Waals surface area contributed by atoms with Crippen molar-refractivity contribution in [1.82, 2.24) is 0 Å². The second-order valence-electron chi connectivity index (χ2n) is 4.62. The SMILES string of the molecule is C[Si](C)(C)Oc1c[c]cc2ccccc12. The lowest BCUT2D eigenvalue weighted by Crippen LogP contribution is -2.29. The third-order valence-electron chi connectivity index (χ3n) is 2.10.